The number of nitrogens with one attached hydrogen (secondary N) is 2. The van der Waals surface area contributed by atoms with Crippen LogP contribution >= 0.6 is 11.3 Å². The molecule has 4 nitrogen and oxygen atoms in total. The van der Waals surface area contributed by atoms with E-state index in [2.05, 4.69) is 47.0 Å². The van der Waals surface area contributed by atoms with Crippen LogP contribution in [0.1, 0.15) is 25.1 Å². The highest BCUT2D eigenvalue weighted by molar-refractivity contribution is 7.09. The van der Waals surface area contributed by atoms with Crippen molar-refractivity contribution < 1.29 is 4.74 Å². The maximum absolute atomic E-state index is 5.48. The molecule has 2 N–H and O–H groups in total. The van der Waals surface area contributed by atoms with E-state index in [4.69, 9.17) is 4.74 Å². The third-order valence-corrected chi connectivity index (χ3v) is 3.17. The lowest BCUT2D eigenvalue weighted by Crippen LogP contribution is -2.37. The SMILES string of the molecule is CN=C(NCCCOC(C)C)NCc1cccs1. The summed E-state index contributed by atoms with van der Waals surface area (Å²) in [4.78, 5) is 5.49. The van der Waals surface area contributed by atoms with Crippen molar-refractivity contribution in [2.75, 3.05) is 20.2 Å². The summed E-state index contributed by atoms with van der Waals surface area (Å²) in [5.74, 6) is 0.841. The summed E-state index contributed by atoms with van der Waals surface area (Å²) in [5, 5.41) is 8.63. The molecule has 102 valence electrons. The van der Waals surface area contributed by atoms with E-state index in [1.807, 2.05) is 0 Å². The van der Waals surface area contributed by atoms with Gasteiger partial charge in [-0.3, -0.25) is 4.99 Å². The standard InChI is InChI=1S/C13H23N3OS/c1-11(2)17-8-5-7-15-13(14-3)16-10-12-6-4-9-18-12/h4,6,9,11H,5,7-8,10H2,1-3H3,(H2,14,15,16). The van der Waals surface area contributed by atoms with Crippen molar-refractivity contribution in [2.45, 2.75) is 32.9 Å². The molecular formula is C13H23N3OS. The fourth-order valence-electron chi connectivity index (χ4n) is 1.40. The molecule has 0 amide bonds. The molecule has 5 heteroatoms. The first-order valence-corrected chi connectivity index (χ1v) is 7.19. The maximum atomic E-state index is 5.48. The lowest BCUT2D eigenvalue weighted by atomic mass is 10.4. The van der Waals surface area contributed by atoms with Crippen molar-refractivity contribution in [1.29, 1.82) is 0 Å². The molecule has 1 aromatic heterocycles. The number of ether oxygens (including phenoxy) is 1. The number of hydrogen-bond donors (Lipinski definition) is 2. The third-order valence-electron chi connectivity index (χ3n) is 2.30. The van der Waals surface area contributed by atoms with Crippen LogP contribution in [0.2, 0.25) is 0 Å². The topological polar surface area (TPSA) is 45.7 Å². The molecule has 0 aliphatic rings. The average Bonchev–Trinajstić information content (AvgIpc) is 2.85. The zero-order valence-electron chi connectivity index (χ0n) is 11.4. The predicted molar refractivity (Wildman–Crippen MR) is 78.2 cm³/mol. The Labute approximate surface area is 113 Å². The monoisotopic (exact) mass is 269 g/mol. The molecule has 0 saturated carbocycles. The molecule has 0 spiro atoms. The normalized spacial score (nSPS) is 11.9. The largest absolute Gasteiger partial charge is 0.379 e. The van der Waals surface area contributed by atoms with E-state index < -0.39 is 0 Å². The van der Waals surface area contributed by atoms with Gasteiger partial charge in [0.25, 0.3) is 0 Å². The van der Waals surface area contributed by atoms with E-state index in [1.54, 1.807) is 18.4 Å². The van der Waals surface area contributed by atoms with Gasteiger partial charge in [-0.2, -0.15) is 0 Å². The Morgan fingerprint density at radius 2 is 2.28 bits per heavy atom. The molecule has 1 heterocycles. The van der Waals surface area contributed by atoms with Crippen LogP contribution in [0.5, 0.6) is 0 Å². The highest BCUT2D eigenvalue weighted by Crippen LogP contribution is 2.06. The number of hydrogen-bond acceptors (Lipinski definition) is 3. The van der Waals surface area contributed by atoms with Gasteiger partial charge in [0, 0.05) is 25.1 Å². The number of nitrogens with zero attached hydrogens (tertiary/aromatic N) is 1. The van der Waals surface area contributed by atoms with Gasteiger partial charge in [0.05, 0.1) is 12.6 Å². The smallest absolute Gasteiger partial charge is 0.191 e. The van der Waals surface area contributed by atoms with Gasteiger partial charge in [-0.25, -0.2) is 0 Å². The Bertz CT molecular complexity index is 336. The molecule has 0 unspecified atom stereocenters. The zero-order valence-corrected chi connectivity index (χ0v) is 12.2. The van der Waals surface area contributed by atoms with Gasteiger partial charge >= 0.3 is 0 Å². The number of guanidine groups is 1. The highest BCUT2D eigenvalue weighted by atomic mass is 32.1. The number of rotatable bonds is 7. The molecule has 0 atom stereocenters. The minimum Gasteiger partial charge on any atom is -0.379 e. The predicted octanol–water partition coefficient (Wildman–Crippen LogP) is 2.23. The van der Waals surface area contributed by atoms with Crippen LogP contribution in [0.25, 0.3) is 0 Å². The van der Waals surface area contributed by atoms with Crippen LogP contribution in [-0.4, -0.2) is 32.3 Å². The third kappa shape index (κ3) is 6.61. The van der Waals surface area contributed by atoms with E-state index in [9.17, 15) is 0 Å². The second-order valence-corrected chi connectivity index (χ2v) is 5.24. The van der Waals surface area contributed by atoms with Crippen molar-refractivity contribution in [1.82, 2.24) is 10.6 Å². The van der Waals surface area contributed by atoms with Gasteiger partial charge in [-0.05, 0) is 31.7 Å². The molecule has 1 aromatic rings. The lowest BCUT2D eigenvalue weighted by molar-refractivity contribution is 0.0776. The summed E-state index contributed by atoms with van der Waals surface area (Å²) in [7, 11) is 1.79. The van der Waals surface area contributed by atoms with E-state index >= 15 is 0 Å². The van der Waals surface area contributed by atoms with Crippen LogP contribution in [0.3, 0.4) is 0 Å². The Hall–Kier alpha value is -1.07. The molecule has 0 bridgehead atoms. The second kappa shape index (κ2) is 8.94. The molecule has 0 fully saturated rings. The van der Waals surface area contributed by atoms with Crippen LogP contribution in [-0.2, 0) is 11.3 Å². The molecule has 0 saturated heterocycles. The molecule has 0 aliphatic heterocycles. The fourth-order valence-corrected chi connectivity index (χ4v) is 2.05. The van der Waals surface area contributed by atoms with Crippen molar-refractivity contribution in [3.63, 3.8) is 0 Å². The van der Waals surface area contributed by atoms with Crippen LogP contribution in [0.15, 0.2) is 22.5 Å². The Morgan fingerprint density at radius 3 is 2.89 bits per heavy atom. The first-order chi connectivity index (χ1) is 8.72. The second-order valence-electron chi connectivity index (χ2n) is 4.21. The highest BCUT2D eigenvalue weighted by Gasteiger charge is 1.99. The minimum atomic E-state index is 0.307. The van der Waals surface area contributed by atoms with E-state index in [0.29, 0.717) is 6.10 Å². The Morgan fingerprint density at radius 1 is 1.44 bits per heavy atom. The summed E-state index contributed by atoms with van der Waals surface area (Å²) in [5.41, 5.74) is 0. The van der Waals surface area contributed by atoms with E-state index in [0.717, 1.165) is 32.1 Å². The first-order valence-electron chi connectivity index (χ1n) is 6.31. The van der Waals surface area contributed by atoms with Gasteiger partial charge in [0.15, 0.2) is 5.96 Å². The Kier molecular flexibility index (Phi) is 7.44. The van der Waals surface area contributed by atoms with E-state index in [1.165, 1.54) is 4.88 Å². The van der Waals surface area contributed by atoms with Gasteiger partial charge in [0.1, 0.15) is 0 Å². The maximum Gasteiger partial charge on any atom is 0.191 e. The van der Waals surface area contributed by atoms with Gasteiger partial charge in [0.2, 0.25) is 0 Å². The molecule has 0 aromatic carbocycles. The summed E-state index contributed by atoms with van der Waals surface area (Å²) in [6.07, 6.45) is 1.29. The summed E-state index contributed by atoms with van der Waals surface area (Å²) in [6.45, 7) is 6.58. The van der Waals surface area contributed by atoms with Crippen LogP contribution in [0.4, 0.5) is 0 Å². The lowest BCUT2D eigenvalue weighted by Gasteiger charge is -2.12. The van der Waals surface area contributed by atoms with Gasteiger partial charge in [-0.15, -0.1) is 11.3 Å². The average molecular weight is 269 g/mol. The van der Waals surface area contributed by atoms with Crippen LogP contribution in [0, 0.1) is 0 Å². The van der Waals surface area contributed by atoms with Crippen molar-refractivity contribution in [2.24, 2.45) is 4.99 Å². The first kappa shape index (κ1) is 15.0. The molecule has 18 heavy (non-hydrogen) atoms. The van der Waals surface area contributed by atoms with Crippen molar-refractivity contribution >= 4 is 17.3 Å². The van der Waals surface area contributed by atoms with E-state index in [-0.39, 0.29) is 0 Å². The summed E-state index contributed by atoms with van der Waals surface area (Å²) >= 11 is 1.75. The quantitative estimate of drug-likeness (QED) is 0.453. The summed E-state index contributed by atoms with van der Waals surface area (Å²) < 4.78 is 5.48. The zero-order chi connectivity index (χ0) is 13.2. The van der Waals surface area contributed by atoms with Crippen molar-refractivity contribution in [3.8, 4) is 0 Å². The van der Waals surface area contributed by atoms with Crippen molar-refractivity contribution in [3.05, 3.63) is 22.4 Å². The number of aliphatic imine (C=N–C) groups is 1. The Balaban J connectivity index is 2.10. The van der Waals surface area contributed by atoms with Gasteiger partial charge < -0.3 is 15.4 Å². The fraction of sp³-hybridized carbons (Fsp3) is 0.615. The molecule has 0 radical (unpaired) electrons. The van der Waals surface area contributed by atoms with Gasteiger partial charge in [-0.1, -0.05) is 6.07 Å². The van der Waals surface area contributed by atoms with Crippen LogP contribution < -0.4 is 10.6 Å². The number of thiophene rings is 1. The molecule has 0 aliphatic carbocycles. The molecular weight excluding hydrogens is 246 g/mol. The summed E-state index contributed by atoms with van der Waals surface area (Å²) in [6, 6.07) is 4.17. The minimum absolute atomic E-state index is 0.307. The molecule has 1 rings (SSSR count).